The fourth-order valence-electron chi connectivity index (χ4n) is 2.94. The molecule has 2 aromatic carbocycles. The third-order valence-electron chi connectivity index (χ3n) is 4.16. The maximum absolute atomic E-state index is 13.5. The van der Waals surface area contributed by atoms with Crippen molar-refractivity contribution in [3.63, 3.8) is 0 Å². The number of H-pyrrole nitrogens is 1. The summed E-state index contributed by atoms with van der Waals surface area (Å²) in [5, 5.41) is 3.74. The lowest BCUT2D eigenvalue weighted by atomic mass is 10.1. The lowest BCUT2D eigenvalue weighted by molar-refractivity contribution is -0.115. The molecule has 0 saturated heterocycles. The molecule has 0 fully saturated rings. The van der Waals surface area contributed by atoms with E-state index < -0.39 is 0 Å². The first kappa shape index (κ1) is 15.3. The maximum Gasteiger partial charge on any atom is 0.228 e. The molecular weight excluding hydrogens is 291 g/mol. The Labute approximate surface area is 134 Å². The number of nitrogens with one attached hydrogen (secondary N) is 2. The van der Waals surface area contributed by atoms with Crippen LogP contribution < -0.4 is 5.32 Å². The van der Waals surface area contributed by atoms with E-state index in [1.807, 2.05) is 39.0 Å². The molecule has 0 aliphatic carbocycles. The van der Waals surface area contributed by atoms with Crippen molar-refractivity contribution in [3.8, 4) is 0 Å². The highest BCUT2D eigenvalue weighted by molar-refractivity contribution is 5.97. The summed E-state index contributed by atoms with van der Waals surface area (Å²) in [4.78, 5) is 15.6. The lowest BCUT2D eigenvalue weighted by Gasteiger charge is -2.11. The Morgan fingerprint density at radius 3 is 2.52 bits per heavy atom. The first-order valence-corrected chi connectivity index (χ1v) is 7.58. The number of hydrogen-bond acceptors (Lipinski definition) is 1. The molecule has 0 aliphatic heterocycles. The fourth-order valence-corrected chi connectivity index (χ4v) is 2.94. The molecule has 1 amide bonds. The van der Waals surface area contributed by atoms with E-state index >= 15 is 0 Å². The summed E-state index contributed by atoms with van der Waals surface area (Å²) < 4.78 is 13.5. The van der Waals surface area contributed by atoms with Gasteiger partial charge in [0.1, 0.15) is 5.82 Å². The monoisotopic (exact) mass is 310 g/mol. The number of aromatic nitrogens is 1. The van der Waals surface area contributed by atoms with Crippen molar-refractivity contribution >= 4 is 22.5 Å². The summed E-state index contributed by atoms with van der Waals surface area (Å²) in [5.41, 5.74) is 5.48. The van der Waals surface area contributed by atoms with Gasteiger partial charge in [0.05, 0.1) is 6.42 Å². The molecule has 0 aliphatic rings. The van der Waals surface area contributed by atoms with E-state index in [-0.39, 0.29) is 18.1 Å². The molecule has 118 valence electrons. The normalized spacial score (nSPS) is 11.0. The molecule has 2 N–H and O–H groups in total. The highest BCUT2D eigenvalue weighted by atomic mass is 19.1. The molecule has 4 heteroatoms. The summed E-state index contributed by atoms with van der Waals surface area (Å²) in [5.74, 6) is -0.399. The second-order valence-corrected chi connectivity index (χ2v) is 5.91. The number of rotatable bonds is 3. The van der Waals surface area contributed by atoms with Crippen LogP contribution in [0, 0.1) is 26.6 Å². The second kappa shape index (κ2) is 5.88. The standard InChI is InChI=1S/C19H19FN2O/c1-11-5-4-6-12(2)19(11)22-18(23)10-15-13(3)21-17-8-7-14(20)9-16(15)17/h4-9,21H,10H2,1-3H3,(H,22,23). The van der Waals surface area contributed by atoms with Crippen molar-refractivity contribution < 1.29 is 9.18 Å². The number of carbonyl (C=O) groups excluding carboxylic acids is 1. The van der Waals surface area contributed by atoms with E-state index in [1.54, 1.807) is 6.07 Å². The molecule has 0 atom stereocenters. The van der Waals surface area contributed by atoms with Gasteiger partial charge in [0.2, 0.25) is 5.91 Å². The van der Waals surface area contributed by atoms with Crippen LogP contribution in [0.25, 0.3) is 10.9 Å². The topological polar surface area (TPSA) is 44.9 Å². The van der Waals surface area contributed by atoms with Gasteiger partial charge in [0, 0.05) is 22.3 Å². The van der Waals surface area contributed by atoms with Gasteiger partial charge in [0.25, 0.3) is 0 Å². The van der Waals surface area contributed by atoms with Gasteiger partial charge in [-0.25, -0.2) is 4.39 Å². The number of halogens is 1. The van der Waals surface area contributed by atoms with E-state index in [9.17, 15) is 9.18 Å². The Hall–Kier alpha value is -2.62. The van der Waals surface area contributed by atoms with Gasteiger partial charge < -0.3 is 10.3 Å². The van der Waals surface area contributed by atoms with E-state index in [2.05, 4.69) is 10.3 Å². The van der Waals surface area contributed by atoms with Crippen molar-refractivity contribution in [2.45, 2.75) is 27.2 Å². The quantitative estimate of drug-likeness (QED) is 0.739. The largest absolute Gasteiger partial charge is 0.358 e. The van der Waals surface area contributed by atoms with Crippen molar-refractivity contribution in [2.75, 3.05) is 5.32 Å². The van der Waals surface area contributed by atoms with Gasteiger partial charge in [-0.3, -0.25) is 4.79 Å². The molecule has 3 aromatic rings. The van der Waals surface area contributed by atoms with Crippen LogP contribution in [0.4, 0.5) is 10.1 Å². The fraction of sp³-hybridized carbons (Fsp3) is 0.211. The number of carbonyl (C=O) groups is 1. The van der Waals surface area contributed by atoms with Gasteiger partial charge >= 0.3 is 0 Å². The number of para-hydroxylation sites is 1. The van der Waals surface area contributed by atoms with E-state index in [0.717, 1.165) is 39.0 Å². The zero-order valence-electron chi connectivity index (χ0n) is 13.5. The predicted molar refractivity (Wildman–Crippen MR) is 91.2 cm³/mol. The molecule has 0 unspecified atom stereocenters. The van der Waals surface area contributed by atoms with Crippen molar-refractivity contribution in [1.82, 2.24) is 4.98 Å². The maximum atomic E-state index is 13.5. The summed E-state index contributed by atoms with van der Waals surface area (Å²) in [6.45, 7) is 5.84. The van der Waals surface area contributed by atoms with Gasteiger partial charge in [-0.2, -0.15) is 0 Å². The van der Waals surface area contributed by atoms with Crippen molar-refractivity contribution in [2.24, 2.45) is 0 Å². The Balaban J connectivity index is 1.89. The highest BCUT2D eigenvalue weighted by Crippen LogP contribution is 2.25. The summed E-state index contributed by atoms with van der Waals surface area (Å²) in [7, 11) is 0. The third kappa shape index (κ3) is 2.97. The first-order chi connectivity index (χ1) is 11.0. The molecule has 3 rings (SSSR count). The Kier molecular flexibility index (Phi) is 3.90. The number of benzene rings is 2. The molecule has 1 heterocycles. The smallest absolute Gasteiger partial charge is 0.228 e. The average Bonchev–Trinajstić information content (AvgIpc) is 2.79. The van der Waals surface area contributed by atoms with E-state index in [0.29, 0.717) is 0 Å². The number of amides is 1. The molecule has 3 nitrogen and oxygen atoms in total. The first-order valence-electron chi connectivity index (χ1n) is 7.58. The van der Waals surface area contributed by atoms with Gasteiger partial charge in [-0.05, 0) is 55.7 Å². The van der Waals surface area contributed by atoms with E-state index in [1.165, 1.54) is 12.1 Å². The van der Waals surface area contributed by atoms with Crippen LogP contribution in [0.3, 0.4) is 0 Å². The predicted octanol–water partition coefficient (Wildman–Crippen LogP) is 4.41. The molecule has 0 spiro atoms. The van der Waals surface area contributed by atoms with Crippen LogP contribution in [0.1, 0.15) is 22.4 Å². The van der Waals surface area contributed by atoms with Gasteiger partial charge in [0.15, 0.2) is 0 Å². The Bertz CT molecular complexity index is 876. The number of hydrogen-bond donors (Lipinski definition) is 2. The average molecular weight is 310 g/mol. The zero-order chi connectivity index (χ0) is 16.6. The minimum Gasteiger partial charge on any atom is -0.358 e. The van der Waals surface area contributed by atoms with Crippen LogP contribution in [-0.4, -0.2) is 10.9 Å². The molecule has 0 radical (unpaired) electrons. The summed E-state index contributed by atoms with van der Waals surface area (Å²) in [6, 6.07) is 10.5. The van der Waals surface area contributed by atoms with Crippen LogP contribution in [0.5, 0.6) is 0 Å². The van der Waals surface area contributed by atoms with Crippen molar-refractivity contribution in [3.05, 3.63) is 64.6 Å². The lowest BCUT2D eigenvalue weighted by Crippen LogP contribution is -2.16. The Morgan fingerprint density at radius 2 is 1.83 bits per heavy atom. The molecule has 1 aromatic heterocycles. The van der Waals surface area contributed by atoms with E-state index in [4.69, 9.17) is 0 Å². The van der Waals surface area contributed by atoms with Gasteiger partial charge in [-0.1, -0.05) is 18.2 Å². The minimum atomic E-state index is -0.298. The number of anilines is 1. The van der Waals surface area contributed by atoms with Gasteiger partial charge in [-0.15, -0.1) is 0 Å². The SMILES string of the molecule is Cc1cccc(C)c1NC(=O)Cc1c(C)[nH]c2ccc(F)cc12. The number of aromatic amines is 1. The molecule has 0 saturated carbocycles. The second-order valence-electron chi connectivity index (χ2n) is 5.91. The minimum absolute atomic E-state index is 0.101. The summed E-state index contributed by atoms with van der Waals surface area (Å²) >= 11 is 0. The molecule has 0 bridgehead atoms. The van der Waals surface area contributed by atoms with Crippen molar-refractivity contribution in [1.29, 1.82) is 0 Å². The molecular formula is C19H19FN2O. The number of fused-ring (bicyclic) bond motifs is 1. The number of aryl methyl sites for hydroxylation is 3. The highest BCUT2D eigenvalue weighted by Gasteiger charge is 2.14. The van der Waals surface area contributed by atoms with Crippen LogP contribution in [-0.2, 0) is 11.2 Å². The van der Waals surface area contributed by atoms with Crippen LogP contribution in [0.15, 0.2) is 36.4 Å². The third-order valence-corrected chi connectivity index (χ3v) is 4.16. The van der Waals surface area contributed by atoms with Crippen LogP contribution in [0.2, 0.25) is 0 Å². The zero-order valence-corrected chi connectivity index (χ0v) is 13.5. The molecule has 23 heavy (non-hydrogen) atoms. The van der Waals surface area contributed by atoms with Crippen LogP contribution >= 0.6 is 0 Å². The summed E-state index contributed by atoms with van der Waals surface area (Å²) in [6.07, 6.45) is 0.211. The Morgan fingerprint density at radius 1 is 1.13 bits per heavy atom.